The molecule has 0 aromatic rings. The number of rotatable bonds is 0. The number of hydrogen-bond acceptors (Lipinski definition) is 2. The van der Waals surface area contributed by atoms with Crippen molar-refractivity contribution in [3.8, 4) is 0 Å². The van der Waals surface area contributed by atoms with Gasteiger partial charge in [0.2, 0.25) is 19.8 Å². The molecule has 0 aromatic carbocycles. The fourth-order valence-corrected chi connectivity index (χ4v) is 2.93. The third-order valence-electron chi connectivity index (χ3n) is 3.50. The quantitative estimate of drug-likeness (QED) is 0.291. The smallest absolute Gasteiger partial charge is 0.242 e. The number of fused-ring (bicyclic) bond motifs is 5. The highest BCUT2D eigenvalue weighted by Crippen LogP contribution is 2.51. The van der Waals surface area contributed by atoms with Gasteiger partial charge < -0.3 is 4.81 Å². The van der Waals surface area contributed by atoms with Crippen LogP contribution >= 0.6 is 0 Å². The fraction of sp³-hybridized carbons (Fsp3) is 0.556. The van der Waals surface area contributed by atoms with Crippen molar-refractivity contribution >= 4 is 19.8 Å². The molecule has 4 atom stereocenters. The van der Waals surface area contributed by atoms with Crippen LogP contribution in [0.5, 0.6) is 0 Å². The van der Waals surface area contributed by atoms with Gasteiger partial charge in [-0.25, -0.2) is 0 Å². The normalized spacial score (nSPS) is 46.3. The zero-order chi connectivity index (χ0) is 9.16. The van der Waals surface area contributed by atoms with Gasteiger partial charge in [-0.1, -0.05) is 12.2 Å². The summed E-state index contributed by atoms with van der Waals surface area (Å²) >= 11 is 0. The molecule has 3 aliphatic rings. The van der Waals surface area contributed by atoms with Gasteiger partial charge in [-0.2, -0.15) is 0 Å². The van der Waals surface area contributed by atoms with Crippen LogP contribution in [0.1, 0.15) is 6.42 Å². The first-order valence-corrected chi connectivity index (χ1v) is 4.51. The van der Waals surface area contributed by atoms with Gasteiger partial charge in [-0.3, -0.25) is 9.59 Å². The first kappa shape index (κ1) is 7.36. The lowest BCUT2D eigenvalue weighted by atomic mass is 9.85. The van der Waals surface area contributed by atoms with Crippen molar-refractivity contribution in [1.82, 2.24) is 4.81 Å². The number of nitrogens with zero attached hydrogens (tertiary/aromatic N) is 1. The molecule has 2 aliphatic carbocycles. The van der Waals surface area contributed by atoms with Crippen LogP contribution in [0, 0.1) is 23.7 Å². The average Bonchev–Trinajstić information content (AvgIpc) is 2.76. The van der Waals surface area contributed by atoms with E-state index in [1.54, 1.807) is 0 Å². The van der Waals surface area contributed by atoms with Gasteiger partial charge in [0.15, 0.2) is 0 Å². The molecule has 0 aromatic heterocycles. The maximum atomic E-state index is 11.5. The van der Waals surface area contributed by atoms with Crippen LogP contribution in [0.25, 0.3) is 0 Å². The molecule has 3 rings (SSSR count). The number of imide groups is 1. The topological polar surface area (TPSA) is 37.4 Å². The first-order valence-electron chi connectivity index (χ1n) is 4.51. The van der Waals surface area contributed by atoms with E-state index in [2.05, 4.69) is 12.2 Å². The highest BCUT2D eigenvalue weighted by molar-refractivity contribution is 6.28. The molecule has 4 unspecified atom stereocenters. The first-order chi connectivity index (χ1) is 6.20. The Morgan fingerprint density at radius 1 is 1.15 bits per heavy atom. The number of carbonyl (C=O) groups is 2. The van der Waals surface area contributed by atoms with Gasteiger partial charge in [0.25, 0.3) is 0 Å². The molecular formula is C9H8BNO2. The maximum absolute atomic E-state index is 11.5. The highest BCUT2D eigenvalue weighted by atomic mass is 16.2. The lowest BCUT2D eigenvalue weighted by Crippen LogP contribution is -2.30. The minimum atomic E-state index is -0.188. The maximum Gasteiger partial charge on any atom is 0.242 e. The zero-order valence-electron chi connectivity index (χ0n) is 7.01. The van der Waals surface area contributed by atoms with Crippen molar-refractivity contribution < 1.29 is 9.59 Å². The SMILES string of the molecule is [B]N1C(=O)C2C3C=CC(C3)C2C1=O. The summed E-state index contributed by atoms with van der Waals surface area (Å²) in [6.45, 7) is 0. The summed E-state index contributed by atoms with van der Waals surface area (Å²) in [5.41, 5.74) is 0. The van der Waals surface area contributed by atoms with E-state index in [0.29, 0.717) is 0 Å². The van der Waals surface area contributed by atoms with Gasteiger partial charge in [0, 0.05) is 0 Å². The molecule has 2 amide bonds. The Labute approximate surface area is 77.2 Å². The largest absolute Gasteiger partial charge is 0.340 e. The second-order valence-electron chi connectivity index (χ2n) is 4.05. The summed E-state index contributed by atoms with van der Waals surface area (Å²) in [7, 11) is 5.37. The van der Waals surface area contributed by atoms with Crippen LogP contribution in [0.3, 0.4) is 0 Å². The molecular weight excluding hydrogens is 165 g/mol. The van der Waals surface area contributed by atoms with Crippen molar-refractivity contribution in [2.45, 2.75) is 6.42 Å². The van der Waals surface area contributed by atoms with Crippen LogP contribution in [-0.2, 0) is 9.59 Å². The third kappa shape index (κ3) is 0.678. The van der Waals surface area contributed by atoms with E-state index in [1.807, 2.05) is 0 Å². The molecule has 3 nitrogen and oxygen atoms in total. The number of carbonyl (C=O) groups excluding carboxylic acids is 2. The van der Waals surface area contributed by atoms with Gasteiger partial charge in [-0.15, -0.1) is 0 Å². The predicted molar refractivity (Wildman–Crippen MR) is 45.3 cm³/mol. The minimum Gasteiger partial charge on any atom is -0.340 e. The van der Waals surface area contributed by atoms with E-state index in [9.17, 15) is 9.59 Å². The Morgan fingerprint density at radius 2 is 1.62 bits per heavy atom. The lowest BCUT2D eigenvalue weighted by molar-refractivity contribution is -0.134. The Balaban J connectivity index is 2.08. The van der Waals surface area contributed by atoms with E-state index in [1.165, 1.54) is 0 Å². The zero-order valence-corrected chi connectivity index (χ0v) is 7.01. The van der Waals surface area contributed by atoms with Crippen molar-refractivity contribution in [2.24, 2.45) is 23.7 Å². The summed E-state index contributed by atoms with van der Waals surface area (Å²) in [5, 5.41) is 0. The summed E-state index contributed by atoms with van der Waals surface area (Å²) < 4.78 is 0. The Hall–Kier alpha value is -1.06. The Kier molecular flexibility index (Phi) is 1.16. The molecule has 1 saturated heterocycles. The molecule has 13 heavy (non-hydrogen) atoms. The average molecular weight is 173 g/mol. The standard InChI is InChI=1S/C9H8BNO2/c10-11-8(12)6-4-1-2-5(3-4)7(6)9(11)13/h1-2,4-7H,3H2. The molecule has 1 heterocycles. The van der Waals surface area contributed by atoms with Crippen LogP contribution in [-0.4, -0.2) is 24.6 Å². The van der Waals surface area contributed by atoms with E-state index in [4.69, 9.17) is 7.98 Å². The van der Waals surface area contributed by atoms with Crippen molar-refractivity contribution in [1.29, 1.82) is 0 Å². The summed E-state index contributed by atoms with van der Waals surface area (Å²) in [6, 6.07) is 0. The molecule has 0 spiro atoms. The van der Waals surface area contributed by atoms with E-state index >= 15 is 0 Å². The van der Waals surface area contributed by atoms with Crippen molar-refractivity contribution in [3.05, 3.63) is 12.2 Å². The number of hydrogen-bond donors (Lipinski definition) is 0. The van der Waals surface area contributed by atoms with E-state index < -0.39 is 0 Å². The van der Waals surface area contributed by atoms with Gasteiger partial charge in [0.05, 0.1) is 11.8 Å². The van der Waals surface area contributed by atoms with Gasteiger partial charge in [0.1, 0.15) is 0 Å². The summed E-state index contributed by atoms with van der Waals surface area (Å²) in [4.78, 5) is 23.9. The van der Waals surface area contributed by atoms with E-state index in [-0.39, 0.29) is 35.5 Å². The number of amides is 2. The monoisotopic (exact) mass is 173 g/mol. The van der Waals surface area contributed by atoms with Crippen molar-refractivity contribution in [3.63, 3.8) is 0 Å². The molecule has 1 saturated carbocycles. The molecule has 0 N–H and O–H groups in total. The number of allylic oxidation sites excluding steroid dienone is 2. The minimum absolute atomic E-state index is 0.146. The summed E-state index contributed by atoms with van der Waals surface area (Å²) in [5.74, 6) is -0.140. The Morgan fingerprint density at radius 3 is 2.08 bits per heavy atom. The molecule has 2 radical (unpaired) electrons. The fourth-order valence-electron chi connectivity index (χ4n) is 2.93. The Bertz CT molecular complexity index is 309. The highest BCUT2D eigenvalue weighted by Gasteiger charge is 2.57. The summed E-state index contributed by atoms with van der Waals surface area (Å²) in [6.07, 6.45) is 5.06. The molecule has 1 aliphatic heterocycles. The van der Waals surface area contributed by atoms with E-state index in [0.717, 1.165) is 11.2 Å². The van der Waals surface area contributed by atoms with Crippen molar-refractivity contribution in [2.75, 3.05) is 0 Å². The van der Waals surface area contributed by atoms with Crippen LogP contribution < -0.4 is 0 Å². The van der Waals surface area contributed by atoms with Gasteiger partial charge in [-0.05, 0) is 18.3 Å². The third-order valence-corrected chi connectivity index (χ3v) is 3.50. The second kappa shape index (κ2) is 2.06. The van der Waals surface area contributed by atoms with Crippen LogP contribution in [0.2, 0.25) is 0 Å². The van der Waals surface area contributed by atoms with Crippen LogP contribution in [0.15, 0.2) is 12.2 Å². The second-order valence-corrected chi connectivity index (χ2v) is 4.05. The lowest BCUT2D eigenvalue weighted by Gasteiger charge is -2.14. The molecule has 64 valence electrons. The molecule has 2 bridgehead atoms. The molecule has 4 heteroatoms. The molecule has 2 fully saturated rings. The predicted octanol–water partition coefficient (Wildman–Crippen LogP) is -0.123. The van der Waals surface area contributed by atoms with Gasteiger partial charge >= 0.3 is 0 Å². The van der Waals surface area contributed by atoms with Crippen LogP contribution in [0.4, 0.5) is 0 Å².